The van der Waals surface area contributed by atoms with Gasteiger partial charge in [-0.2, -0.15) is 0 Å². The molecule has 0 spiro atoms. The van der Waals surface area contributed by atoms with E-state index in [2.05, 4.69) is 0 Å². The number of imide groups is 1. The standard InChI is InChI=1S/C14H14N2O5S/c1-8(2)15-13(17)12(22-14(15)18)7-9-6-10(16(19)20)4-5-11(9)21-3/h4-8H,1-3H3/b12-7+. The van der Waals surface area contributed by atoms with Gasteiger partial charge in [-0.1, -0.05) is 0 Å². The molecule has 0 unspecified atom stereocenters. The fourth-order valence-corrected chi connectivity index (χ4v) is 2.97. The second-order valence-electron chi connectivity index (χ2n) is 4.83. The van der Waals surface area contributed by atoms with Gasteiger partial charge < -0.3 is 4.74 Å². The number of hydrogen-bond donors (Lipinski definition) is 0. The number of carbonyl (C=O) groups is 2. The van der Waals surface area contributed by atoms with Crippen molar-refractivity contribution in [3.05, 3.63) is 38.8 Å². The molecule has 0 bridgehead atoms. The van der Waals surface area contributed by atoms with Gasteiger partial charge in [-0.25, -0.2) is 0 Å². The lowest BCUT2D eigenvalue weighted by atomic mass is 10.1. The van der Waals surface area contributed by atoms with Crippen LogP contribution in [-0.2, 0) is 4.79 Å². The molecule has 8 heteroatoms. The van der Waals surface area contributed by atoms with Crippen LogP contribution in [0.1, 0.15) is 19.4 Å². The molecule has 116 valence electrons. The minimum atomic E-state index is -0.531. The maximum absolute atomic E-state index is 12.2. The van der Waals surface area contributed by atoms with Crippen LogP contribution in [0.15, 0.2) is 23.1 Å². The van der Waals surface area contributed by atoms with Crippen LogP contribution >= 0.6 is 11.8 Å². The Morgan fingerprint density at radius 3 is 2.55 bits per heavy atom. The minimum absolute atomic E-state index is 0.116. The molecule has 1 aliphatic rings. The molecule has 2 amide bonds. The Morgan fingerprint density at radius 2 is 2.05 bits per heavy atom. The molecule has 0 atom stereocenters. The van der Waals surface area contributed by atoms with Crippen molar-refractivity contribution in [2.75, 3.05) is 7.11 Å². The molecule has 0 N–H and O–H groups in total. The third kappa shape index (κ3) is 2.96. The van der Waals surface area contributed by atoms with Gasteiger partial charge in [-0.3, -0.25) is 24.6 Å². The number of amides is 2. The Labute approximate surface area is 131 Å². The van der Waals surface area contributed by atoms with Crippen LogP contribution in [-0.4, -0.2) is 34.1 Å². The Balaban J connectivity index is 2.45. The molecule has 0 saturated carbocycles. The van der Waals surface area contributed by atoms with E-state index in [1.165, 1.54) is 31.4 Å². The highest BCUT2D eigenvalue weighted by molar-refractivity contribution is 8.18. The molecular weight excluding hydrogens is 308 g/mol. The first-order valence-electron chi connectivity index (χ1n) is 6.44. The van der Waals surface area contributed by atoms with Gasteiger partial charge in [0, 0.05) is 23.7 Å². The van der Waals surface area contributed by atoms with Crippen molar-refractivity contribution in [2.24, 2.45) is 0 Å². The molecule has 2 rings (SSSR count). The van der Waals surface area contributed by atoms with Crippen LogP contribution in [0.4, 0.5) is 10.5 Å². The van der Waals surface area contributed by atoms with E-state index in [-0.39, 0.29) is 21.9 Å². The van der Waals surface area contributed by atoms with E-state index in [0.29, 0.717) is 11.3 Å². The number of methoxy groups -OCH3 is 1. The molecule has 1 fully saturated rings. The summed E-state index contributed by atoms with van der Waals surface area (Å²) in [5.74, 6) is -0.0134. The number of non-ortho nitro benzene ring substituents is 1. The highest BCUT2D eigenvalue weighted by Crippen LogP contribution is 2.35. The summed E-state index contributed by atoms with van der Waals surface area (Å²) in [4.78, 5) is 35.8. The SMILES string of the molecule is COc1ccc([N+](=O)[O-])cc1/C=C1/SC(=O)N(C(C)C)C1=O. The van der Waals surface area contributed by atoms with Gasteiger partial charge >= 0.3 is 0 Å². The van der Waals surface area contributed by atoms with E-state index >= 15 is 0 Å². The molecule has 0 aliphatic carbocycles. The fraction of sp³-hybridized carbons (Fsp3) is 0.286. The number of nitro groups is 1. The summed E-state index contributed by atoms with van der Waals surface area (Å²) >= 11 is 0.812. The van der Waals surface area contributed by atoms with Gasteiger partial charge in [0.05, 0.1) is 16.9 Å². The topological polar surface area (TPSA) is 89.8 Å². The first-order chi connectivity index (χ1) is 10.3. The Kier molecular flexibility index (Phi) is 4.51. The molecule has 1 aliphatic heterocycles. The molecule has 1 saturated heterocycles. The van der Waals surface area contributed by atoms with Crippen molar-refractivity contribution < 1.29 is 19.2 Å². The monoisotopic (exact) mass is 322 g/mol. The molecule has 1 heterocycles. The third-order valence-electron chi connectivity index (χ3n) is 3.05. The highest BCUT2D eigenvalue weighted by atomic mass is 32.2. The number of carbonyl (C=O) groups excluding carboxylic acids is 2. The predicted octanol–water partition coefficient (Wildman–Crippen LogP) is 3.05. The van der Waals surface area contributed by atoms with Gasteiger partial charge in [-0.05, 0) is 37.8 Å². The summed E-state index contributed by atoms with van der Waals surface area (Å²) in [6.07, 6.45) is 1.44. The van der Waals surface area contributed by atoms with Gasteiger partial charge in [0.15, 0.2) is 0 Å². The molecule has 0 radical (unpaired) electrons. The van der Waals surface area contributed by atoms with Gasteiger partial charge in [-0.15, -0.1) is 0 Å². The first kappa shape index (κ1) is 16.0. The van der Waals surface area contributed by atoms with Crippen LogP contribution in [0.3, 0.4) is 0 Å². The number of thioether (sulfide) groups is 1. The van der Waals surface area contributed by atoms with E-state index in [1.54, 1.807) is 13.8 Å². The Hall–Kier alpha value is -2.35. The summed E-state index contributed by atoms with van der Waals surface area (Å²) in [5.41, 5.74) is 0.265. The maximum atomic E-state index is 12.2. The fourth-order valence-electron chi connectivity index (χ4n) is 2.01. The number of nitro benzene ring substituents is 1. The van der Waals surface area contributed by atoms with E-state index in [1.807, 2.05) is 0 Å². The second-order valence-corrected chi connectivity index (χ2v) is 5.82. The van der Waals surface area contributed by atoms with Crippen molar-refractivity contribution in [2.45, 2.75) is 19.9 Å². The number of nitrogens with zero attached hydrogens (tertiary/aromatic N) is 2. The lowest BCUT2D eigenvalue weighted by Crippen LogP contribution is -2.34. The summed E-state index contributed by atoms with van der Waals surface area (Å²) in [7, 11) is 1.43. The van der Waals surface area contributed by atoms with E-state index in [0.717, 1.165) is 16.7 Å². The van der Waals surface area contributed by atoms with Crippen molar-refractivity contribution in [1.29, 1.82) is 0 Å². The van der Waals surface area contributed by atoms with Gasteiger partial charge in [0.25, 0.3) is 16.8 Å². The summed E-state index contributed by atoms with van der Waals surface area (Å²) in [6, 6.07) is 3.83. The molecule has 0 aromatic heterocycles. The summed E-state index contributed by atoms with van der Waals surface area (Å²) < 4.78 is 5.14. The van der Waals surface area contributed by atoms with E-state index in [9.17, 15) is 19.7 Å². The average molecular weight is 322 g/mol. The lowest BCUT2D eigenvalue weighted by Gasteiger charge is -2.16. The second kappa shape index (κ2) is 6.18. The molecule has 7 nitrogen and oxygen atoms in total. The zero-order chi connectivity index (χ0) is 16.4. The number of rotatable bonds is 4. The Bertz CT molecular complexity index is 684. The van der Waals surface area contributed by atoms with Gasteiger partial charge in [0.2, 0.25) is 0 Å². The van der Waals surface area contributed by atoms with E-state index in [4.69, 9.17) is 4.74 Å². The maximum Gasteiger partial charge on any atom is 0.293 e. The van der Waals surface area contributed by atoms with Crippen LogP contribution in [0.2, 0.25) is 0 Å². The number of hydrogen-bond acceptors (Lipinski definition) is 6. The van der Waals surface area contributed by atoms with Crippen molar-refractivity contribution in [1.82, 2.24) is 4.90 Å². The average Bonchev–Trinajstić information content (AvgIpc) is 2.73. The highest BCUT2D eigenvalue weighted by Gasteiger charge is 2.36. The molecule has 1 aromatic rings. The van der Waals surface area contributed by atoms with Crippen LogP contribution < -0.4 is 4.74 Å². The summed E-state index contributed by atoms with van der Waals surface area (Å²) in [5, 5.41) is 10.5. The lowest BCUT2D eigenvalue weighted by molar-refractivity contribution is -0.384. The number of benzene rings is 1. The summed E-state index contributed by atoms with van der Waals surface area (Å²) in [6.45, 7) is 3.49. The Morgan fingerprint density at radius 1 is 1.36 bits per heavy atom. The smallest absolute Gasteiger partial charge is 0.293 e. The quantitative estimate of drug-likeness (QED) is 0.481. The number of ether oxygens (including phenoxy) is 1. The van der Waals surface area contributed by atoms with Crippen LogP contribution in [0.25, 0.3) is 6.08 Å². The molecule has 22 heavy (non-hydrogen) atoms. The molecular formula is C14H14N2O5S. The predicted molar refractivity (Wildman–Crippen MR) is 82.6 cm³/mol. The normalized spacial score (nSPS) is 16.7. The van der Waals surface area contributed by atoms with Gasteiger partial charge in [0.1, 0.15) is 5.75 Å². The van der Waals surface area contributed by atoms with Crippen LogP contribution in [0.5, 0.6) is 5.75 Å². The minimum Gasteiger partial charge on any atom is -0.496 e. The zero-order valence-electron chi connectivity index (χ0n) is 12.2. The van der Waals surface area contributed by atoms with E-state index < -0.39 is 10.8 Å². The largest absolute Gasteiger partial charge is 0.496 e. The van der Waals surface area contributed by atoms with Crippen molar-refractivity contribution in [3.63, 3.8) is 0 Å². The van der Waals surface area contributed by atoms with Crippen LogP contribution in [0, 0.1) is 10.1 Å². The third-order valence-corrected chi connectivity index (χ3v) is 3.93. The molecule has 1 aromatic carbocycles. The van der Waals surface area contributed by atoms with Crippen molar-refractivity contribution in [3.8, 4) is 5.75 Å². The first-order valence-corrected chi connectivity index (χ1v) is 7.26. The zero-order valence-corrected chi connectivity index (χ0v) is 13.0. The van der Waals surface area contributed by atoms with Crippen molar-refractivity contribution >= 4 is 34.7 Å².